The largest absolute Gasteiger partial charge is 0.573 e. The van der Waals surface area contributed by atoms with Crippen LogP contribution in [0.15, 0.2) is 48.5 Å². The second-order valence-electron chi connectivity index (χ2n) is 4.15. The lowest BCUT2D eigenvalue weighted by Gasteiger charge is -2.14. The molecule has 7 heteroatoms. The molecule has 0 amide bonds. The Bertz CT molecular complexity index is 588. The Labute approximate surface area is 131 Å². The Morgan fingerprint density at radius 3 is 2.14 bits per heavy atom. The highest BCUT2D eigenvalue weighted by molar-refractivity contribution is 6.30. The van der Waals surface area contributed by atoms with Gasteiger partial charge in [-0.1, -0.05) is 35.9 Å². The maximum absolute atomic E-state index is 12.0. The predicted octanol–water partition coefficient (Wildman–Crippen LogP) is 4.71. The summed E-state index contributed by atoms with van der Waals surface area (Å²) in [5, 5.41) is 0.551. The van der Waals surface area contributed by atoms with Gasteiger partial charge in [-0.2, -0.15) is 0 Å². The summed E-state index contributed by atoms with van der Waals surface area (Å²) >= 11 is 5.87. The van der Waals surface area contributed by atoms with Crippen LogP contribution in [0.1, 0.15) is 17.2 Å². The minimum Gasteiger partial charge on any atom is -0.406 e. The molecule has 2 aromatic carbocycles. The number of benzene rings is 2. The molecule has 0 heterocycles. The van der Waals surface area contributed by atoms with Crippen LogP contribution in [-0.2, 0) is 0 Å². The smallest absolute Gasteiger partial charge is 0.406 e. The number of halogens is 5. The van der Waals surface area contributed by atoms with Crippen LogP contribution in [0.4, 0.5) is 13.2 Å². The molecule has 0 aliphatic carbocycles. The van der Waals surface area contributed by atoms with Crippen LogP contribution in [0.25, 0.3) is 0 Å². The third kappa shape index (κ3) is 5.12. The van der Waals surface area contributed by atoms with E-state index in [-0.39, 0.29) is 18.2 Å². The summed E-state index contributed by atoms with van der Waals surface area (Å²) in [5.74, 6) is -0.278. The number of rotatable bonds is 3. The minimum atomic E-state index is -4.70. The van der Waals surface area contributed by atoms with E-state index in [1.807, 2.05) is 0 Å². The van der Waals surface area contributed by atoms with Gasteiger partial charge in [0.25, 0.3) is 0 Å². The SMILES string of the molecule is Cl.N[C@H](c1ccc(OC(F)(F)F)cc1)c1cccc(Cl)c1. The fourth-order valence-electron chi connectivity index (χ4n) is 1.77. The van der Waals surface area contributed by atoms with Gasteiger partial charge >= 0.3 is 6.36 Å². The lowest BCUT2D eigenvalue weighted by atomic mass is 10.00. The van der Waals surface area contributed by atoms with Gasteiger partial charge in [-0.05, 0) is 35.4 Å². The average molecular weight is 338 g/mol. The van der Waals surface area contributed by atoms with Crippen molar-refractivity contribution in [3.8, 4) is 5.75 Å². The highest BCUT2D eigenvalue weighted by Gasteiger charge is 2.31. The van der Waals surface area contributed by atoms with Gasteiger partial charge in [-0.25, -0.2) is 0 Å². The second kappa shape index (κ2) is 7.02. The normalized spacial score (nSPS) is 12.4. The van der Waals surface area contributed by atoms with Crippen molar-refractivity contribution in [2.75, 3.05) is 0 Å². The Morgan fingerprint density at radius 1 is 1.00 bits per heavy atom. The molecule has 0 aliphatic heterocycles. The first-order chi connectivity index (χ1) is 9.35. The van der Waals surface area contributed by atoms with E-state index in [0.717, 1.165) is 5.56 Å². The zero-order chi connectivity index (χ0) is 14.8. The molecule has 2 rings (SSSR count). The minimum absolute atomic E-state index is 0. The van der Waals surface area contributed by atoms with E-state index in [4.69, 9.17) is 17.3 Å². The third-order valence-corrected chi connectivity index (χ3v) is 2.92. The quantitative estimate of drug-likeness (QED) is 0.880. The second-order valence-corrected chi connectivity index (χ2v) is 4.59. The Hall–Kier alpha value is -1.43. The molecule has 0 bridgehead atoms. The number of alkyl halides is 3. The summed E-state index contributed by atoms with van der Waals surface area (Å²) in [6.07, 6.45) is -4.70. The molecule has 0 spiro atoms. The number of ether oxygens (including phenoxy) is 1. The average Bonchev–Trinajstić information content (AvgIpc) is 2.37. The summed E-state index contributed by atoms with van der Waals surface area (Å²) in [6.45, 7) is 0. The maximum Gasteiger partial charge on any atom is 0.573 e. The Morgan fingerprint density at radius 2 is 1.62 bits per heavy atom. The molecule has 0 aromatic heterocycles. The number of hydrogen-bond acceptors (Lipinski definition) is 2. The van der Waals surface area contributed by atoms with Gasteiger partial charge in [0.1, 0.15) is 5.75 Å². The first-order valence-electron chi connectivity index (χ1n) is 5.72. The lowest BCUT2D eigenvalue weighted by Crippen LogP contribution is -2.17. The van der Waals surface area contributed by atoms with Gasteiger partial charge in [-0.15, -0.1) is 25.6 Å². The van der Waals surface area contributed by atoms with Gasteiger partial charge in [0.15, 0.2) is 0 Å². The zero-order valence-electron chi connectivity index (χ0n) is 10.6. The van der Waals surface area contributed by atoms with Gasteiger partial charge < -0.3 is 10.5 Å². The zero-order valence-corrected chi connectivity index (χ0v) is 12.2. The van der Waals surface area contributed by atoms with Crippen LogP contribution in [0, 0.1) is 0 Å². The van der Waals surface area contributed by atoms with Crippen molar-refractivity contribution in [2.24, 2.45) is 5.73 Å². The van der Waals surface area contributed by atoms with Crippen LogP contribution >= 0.6 is 24.0 Å². The standard InChI is InChI=1S/C14H11ClF3NO.ClH/c15-11-3-1-2-10(8-11)13(19)9-4-6-12(7-5-9)20-14(16,17)18;/h1-8,13H,19H2;1H/t13-;/m1./s1. The molecule has 21 heavy (non-hydrogen) atoms. The van der Waals surface area contributed by atoms with Crippen molar-refractivity contribution in [2.45, 2.75) is 12.4 Å². The van der Waals surface area contributed by atoms with Crippen LogP contribution in [-0.4, -0.2) is 6.36 Å². The molecule has 2 nitrogen and oxygen atoms in total. The van der Waals surface area contributed by atoms with Crippen LogP contribution in [0.3, 0.4) is 0 Å². The van der Waals surface area contributed by atoms with Crippen molar-refractivity contribution >= 4 is 24.0 Å². The van der Waals surface area contributed by atoms with Gasteiger partial charge in [0.05, 0.1) is 6.04 Å². The monoisotopic (exact) mass is 337 g/mol. The molecular weight excluding hydrogens is 326 g/mol. The molecule has 0 aliphatic rings. The summed E-state index contributed by atoms with van der Waals surface area (Å²) in [5.41, 5.74) is 7.49. The summed E-state index contributed by atoms with van der Waals surface area (Å²) in [4.78, 5) is 0. The molecule has 1 atom stereocenters. The van der Waals surface area contributed by atoms with E-state index in [2.05, 4.69) is 4.74 Å². The Balaban J connectivity index is 0.00000220. The molecule has 0 saturated heterocycles. The van der Waals surface area contributed by atoms with Crippen molar-refractivity contribution in [1.82, 2.24) is 0 Å². The highest BCUT2D eigenvalue weighted by Crippen LogP contribution is 2.26. The van der Waals surface area contributed by atoms with E-state index in [1.54, 1.807) is 24.3 Å². The third-order valence-electron chi connectivity index (χ3n) is 2.68. The molecule has 2 aromatic rings. The maximum atomic E-state index is 12.0. The van der Waals surface area contributed by atoms with Crippen molar-refractivity contribution < 1.29 is 17.9 Å². The van der Waals surface area contributed by atoms with Crippen LogP contribution in [0.5, 0.6) is 5.75 Å². The van der Waals surface area contributed by atoms with Gasteiger partial charge in [-0.3, -0.25) is 0 Å². The summed E-state index contributed by atoms with van der Waals surface area (Å²) in [6, 6.07) is 12.0. The fraction of sp³-hybridized carbons (Fsp3) is 0.143. The Kier molecular flexibility index (Phi) is 5.89. The number of nitrogens with two attached hydrogens (primary N) is 1. The topological polar surface area (TPSA) is 35.2 Å². The molecule has 0 saturated carbocycles. The fourth-order valence-corrected chi connectivity index (χ4v) is 1.97. The molecule has 0 unspecified atom stereocenters. The highest BCUT2D eigenvalue weighted by atomic mass is 35.5. The van der Waals surface area contributed by atoms with Gasteiger partial charge in [0.2, 0.25) is 0 Å². The first kappa shape index (κ1) is 17.6. The van der Waals surface area contributed by atoms with Crippen molar-refractivity contribution in [3.05, 3.63) is 64.7 Å². The summed E-state index contributed by atoms with van der Waals surface area (Å²) in [7, 11) is 0. The number of hydrogen-bond donors (Lipinski definition) is 1. The summed E-state index contributed by atoms with van der Waals surface area (Å²) < 4.78 is 39.9. The van der Waals surface area contributed by atoms with Crippen LogP contribution < -0.4 is 10.5 Å². The van der Waals surface area contributed by atoms with Crippen LogP contribution in [0.2, 0.25) is 5.02 Å². The van der Waals surface area contributed by atoms with E-state index in [1.165, 1.54) is 24.3 Å². The van der Waals surface area contributed by atoms with E-state index in [0.29, 0.717) is 10.6 Å². The van der Waals surface area contributed by atoms with E-state index >= 15 is 0 Å². The molecule has 114 valence electrons. The van der Waals surface area contributed by atoms with Crippen molar-refractivity contribution in [3.63, 3.8) is 0 Å². The van der Waals surface area contributed by atoms with Gasteiger partial charge in [0, 0.05) is 5.02 Å². The van der Waals surface area contributed by atoms with Crippen molar-refractivity contribution in [1.29, 1.82) is 0 Å². The van der Waals surface area contributed by atoms with E-state index < -0.39 is 12.4 Å². The molecule has 2 N–H and O–H groups in total. The molecule has 0 radical (unpaired) electrons. The van der Waals surface area contributed by atoms with E-state index in [9.17, 15) is 13.2 Å². The predicted molar refractivity (Wildman–Crippen MR) is 77.9 cm³/mol. The lowest BCUT2D eigenvalue weighted by molar-refractivity contribution is -0.274. The molecular formula is C14H12Cl2F3NO. The molecule has 0 fully saturated rings. The first-order valence-corrected chi connectivity index (χ1v) is 6.10.